The molecule has 0 amide bonds. The molecule has 0 aliphatic heterocycles. The van der Waals surface area contributed by atoms with Gasteiger partial charge in [0.25, 0.3) is 0 Å². The molecule has 3 nitrogen and oxygen atoms in total. The molecule has 2 aromatic rings. The Labute approximate surface area is 122 Å². The lowest BCUT2D eigenvalue weighted by Crippen LogP contribution is -2.00. The number of hydrogen-bond donors (Lipinski definition) is 1. The van der Waals surface area contributed by atoms with Crippen LogP contribution >= 0.6 is 11.6 Å². The molecule has 0 atom stereocenters. The van der Waals surface area contributed by atoms with Crippen LogP contribution in [0.15, 0.2) is 47.6 Å². The first-order chi connectivity index (χ1) is 9.79. The maximum absolute atomic E-state index is 8.98. The van der Waals surface area contributed by atoms with Gasteiger partial charge in [0.2, 0.25) is 0 Å². The van der Waals surface area contributed by atoms with Gasteiger partial charge in [-0.25, -0.2) is 0 Å². The van der Waals surface area contributed by atoms with E-state index in [-0.39, 0.29) is 0 Å². The number of nitrogens with zero attached hydrogens (tertiary/aromatic N) is 1. The fourth-order valence-corrected chi connectivity index (χ4v) is 2.67. The van der Waals surface area contributed by atoms with Crippen LogP contribution in [0.1, 0.15) is 23.1 Å². The zero-order chi connectivity index (χ0) is 13.9. The average Bonchev–Trinajstić information content (AvgIpc) is 2.90. The Morgan fingerprint density at radius 1 is 1.10 bits per heavy atom. The second kappa shape index (κ2) is 5.55. The van der Waals surface area contributed by atoms with E-state index in [9.17, 15) is 0 Å². The van der Waals surface area contributed by atoms with Crippen LogP contribution in [0.5, 0.6) is 5.75 Å². The quantitative estimate of drug-likeness (QED) is 0.684. The number of ether oxygens (including phenoxy) is 1. The number of oxime groups is 1. The van der Waals surface area contributed by atoms with E-state index in [1.165, 1.54) is 0 Å². The highest BCUT2D eigenvalue weighted by Gasteiger charge is 2.21. The van der Waals surface area contributed by atoms with E-state index in [2.05, 4.69) is 5.16 Å². The van der Waals surface area contributed by atoms with Crippen molar-refractivity contribution in [2.45, 2.75) is 19.4 Å². The summed E-state index contributed by atoms with van der Waals surface area (Å²) in [6, 6.07) is 13.5. The molecule has 0 heterocycles. The van der Waals surface area contributed by atoms with Gasteiger partial charge < -0.3 is 9.94 Å². The summed E-state index contributed by atoms with van der Waals surface area (Å²) in [5.41, 5.74) is 3.76. The van der Waals surface area contributed by atoms with Crippen LogP contribution in [0.3, 0.4) is 0 Å². The largest absolute Gasteiger partial charge is 0.489 e. The van der Waals surface area contributed by atoms with Crippen molar-refractivity contribution >= 4 is 17.3 Å². The second-order valence-corrected chi connectivity index (χ2v) is 5.12. The monoisotopic (exact) mass is 287 g/mol. The van der Waals surface area contributed by atoms with Gasteiger partial charge in [-0.05, 0) is 25.0 Å². The van der Waals surface area contributed by atoms with Gasteiger partial charge in [-0.15, -0.1) is 0 Å². The standard InChI is InChI=1S/C16H14ClNO2/c17-14-6-2-1-4-11(14)10-20-16-7-3-5-12-13(16)8-9-15(12)18-19/h1-7,19H,8-10H2. The Bertz CT molecular complexity index is 667. The third-order valence-electron chi connectivity index (χ3n) is 3.52. The molecule has 0 saturated heterocycles. The fourth-order valence-electron chi connectivity index (χ4n) is 2.48. The first kappa shape index (κ1) is 13.0. The van der Waals surface area contributed by atoms with Crippen molar-refractivity contribution < 1.29 is 9.94 Å². The van der Waals surface area contributed by atoms with Crippen molar-refractivity contribution in [3.63, 3.8) is 0 Å². The Kier molecular flexibility index (Phi) is 3.61. The molecule has 0 bridgehead atoms. The first-order valence-electron chi connectivity index (χ1n) is 6.49. The van der Waals surface area contributed by atoms with E-state index in [4.69, 9.17) is 21.5 Å². The van der Waals surface area contributed by atoms with E-state index in [1.807, 2.05) is 42.5 Å². The third kappa shape index (κ3) is 2.37. The van der Waals surface area contributed by atoms with Crippen LogP contribution in [-0.2, 0) is 13.0 Å². The molecule has 1 aliphatic carbocycles. The van der Waals surface area contributed by atoms with Crippen molar-refractivity contribution in [3.8, 4) is 5.75 Å². The van der Waals surface area contributed by atoms with Gasteiger partial charge in [0.1, 0.15) is 12.4 Å². The summed E-state index contributed by atoms with van der Waals surface area (Å²) in [5.74, 6) is 0.834. The number of benzene rings is 2. The zero-order valence-corrected chi connectivity index (χ0v) is 11.6. The van der Waals surface area contributed by atoms with Crippen LogP contribution in [0, 0.1) is 0 Å². The summed E-state index contributed by atoms with van der Waals surface area (Å²) in [5, 5.41) is 13.0. The predicted molar refractivity (Wildman–Crippen MR) is 78.9 cm³/mol. The fraction of sp³-hybridized carbons (Fsp3) is 0.188. The maximum atomic E-state index is 8.98. The Hall–Kier alpha value is -2.00. The molecule has 0 fully saturated rings. The van der Waals surface area contributed by atoms with Gasteiger partial charge in [-0.1, -0.05) is 47.1 Å². The molecular formula is C16H14ClNO2. The van der Waals surface area contributed by atoms with Crippen LogP contribution < -0.4 is 4.74 Å². The van der Waals surface area contributed by atoms with Gasteiger partial charge in [-0.2, -0.15) is 0 Å². The summed E-state index contributed by atoms with van der Waals surface area (Å²) in [6.07, 6.45) is 1.59. The van der Waals surface area contributed by atoms with Crippen molar-refractivity contribution in [3.05, 3.63) is 64.2 Å². The van der Waals surface area contributed by atoms with Gasteiger partial charge in [0, 0.05) is 21.7 Å². The zero-order valence-electron chi connectivity index (χ0n) is 10.8. The highest BCUT2D eigenvalue weighted by molar-refractivity contribution is 6.31. The molecule has 0 spiro atoms. The lowest BCUT2D eigenvalue weighted by Gasteiger charge is -2.11. The molecule has 102 valence electrons. The lowest BCUT2D eigenvalue weighted by molar-refractivity contribution is 0.303. The molecule has 1 N–H and O–H groups in total. The van der Waals surface area contributed by atoms with Gasteiger partial charge in [0.05, 0.1) is 5.71 Å². The Balaban J connectivity index is 1.83. The number of fused-ring (bicyclic) bond motifs is 1. The van der Waals surface area contributed by atoms with Crippen molar-refractivity contribution in [2.75, 3.05) is 0 Å². The molecule has 20 heavy (non-hydrogen) atoms. The molecule has 0 unspecified atom stereocenters. The normalized spacial score (nSPS) is 15.3. The van der Waals surface area contributed by atoms with E-state index < -0.39 is 0 Å². The van der Waals surface area contributed by atoms with E-state index in [0.717, 1.165) is 41.0 Å². The van der Waals surface area contributed by atoms with Crippen LogP contribution in [-0.4, -0.2) is 10.9 Å². The van der Waals surface area contributed by atoms with Crippen molar-refractivity contribution in [2.24, 2.45) is 5.16 Å². The molecule has 3 rings (SSSR count). The van der Waals surface area contributed by atoms with Gasteiger partial charge in [0.15, 0.2) is 0 Å². The summed E-state index contributed by atoms with van der Waals surface area (Å²) < 4.78 is 5.89. The minimum absolute atomic E-state index is 0.432. The van der Waals surface area contributed by atoms with E-state index in [1.54, 1.807) is 0 Å². The number of hydrogen-bond acceptors (Lipinski definition) is 3. The third-order valence-corrected chi connectivity index (χ3v) is 3.89. The highest BCUT2D eigenvalue weighted by Crippen LogP contribution is 2.31. The van der Waals surface area contributed by atoms with E-state index in [0.29, 0.717) is 11.6 Å². The maximum Gasteiger partial charge on any atom is 0.123 e. The summed E-state index contributed by atoms with van der Waals surface area (Å²) in [6.45, 7) is 0.432. The lowest BCUT2D eigenvalue weighted by atomic mass is 10.1. The molecule has 0 radical (unpaired) electrons. The van der Waals surface area contributed by atoms with Gasteiger partial charge in [-0.3, -0.25) is 0 Å². The average molecular weight is 288 g/mol. The highest BCUT2D eigenvalue weighted by atomic mass is 35.5. The molecule has 0 aromatic heterocycles. The van der Waals surface area contributed by atoms with Crippen molar-refractivity contribution in [1.29, 1.82) is 0 Å². The van der Waals surface area contributed by atoms with Gasteiger partial charge >= 0.3 is 0 Å². The molecule has 0 saturated carbocycles. The van der Waals surface area contributed by atoms with Crippen LogP contribution in [0.4, 0.5) is 0 Å². The molecule has 2 aromatic carbocycles. The van der Waals surface area contributed by atoms with Crippen LogP contribution in [0.2, 0.25) is 5.02 Å². The topological polar surface area (TPSA) is 41.8 Å². The van der Waals surface area contributed by atoms with Crippen LogP contribution in [0.25, 0.3) is 0 Å². The minimum atomic E-state index is 0.432. The molecular weight excluding hydrogens is 274 g/mol. The van der Waals surface area contributed by atoms with Crippen molar-refractivity contribution in [1.82, 2.24) is 0 Å². The SMILES string of the molecule is ON=C1CCc2c(OCc3ccccc3Cl)cccc21. The smallest absolute Gasteiger partial charge is 0.123 e. The summed E-state index contributed by atoms with van der Waals surface area (Å²) >= 11 is 6.12. The Morgan fingerprint density at radius 3 is 2.75 bits per heavy atom. The summed E-state index contributed by atoms with van der Waals surface area (Å²) in [7, 11) is 0. The number of halogens is 1. The summed E-state index contributed by atoms with van der Waals surface area (Å²) in [4.78, 5) is 0. The van der Waals surface area contributed by atoms with E-state index >= 15 is 0 Å². The molecule has 1 aliphatic rings. The molecule has 4 heteroatoms. The second-order valence-electron chi connectivity index (χ2n) is 4.71. The predicted octanol–water partition coefficient (Wildman–Crippen LogP) is 4.04. The minimum Gasteiger partial charge on any atom is -0.489 e. The number of rotatable bonds is 3. The Morgan fingerprint density at radius 2 is 1.95 bits per heavy atom. The first-order valence-corrected chi connectivity index (χ1v) is 6.87.